The van der Waals surface area contributed by atoms with Gasteiger partial charge in [0.2, 0.25) is 5.91 Å². The van der Waals surface area contributed by atoms with Crippen LogP contribution in [-0.4, -0.2) is 22.2 Å². The molecule has 5 heteroatoms. The maximum atomic E-state index is 13.0. The number of hydrogen-bond donors (Lipinski definition) is 1. The molecule has 2 aliphatic heterocycles. The fraction of sp³-hybridized carbons (Fsp3) is 0.522. The van der Waals surface area contributed by atoms with Crippen molar-refractivity contribution in [2.75, 3.05) is 0 Å². The van der Waals surface area contributed by atoms with Crippen LogP contribution in [0.15, 0.2) is 52.2 Å². The third-order valence-corrected chi connectivity index (χ3v) is 6.17. The highest BCUT2D eigenvalue weighted by atomic mass is 32.2. The van der Waals surface area contributed by atoms with Crippen LogP contribution in [0.2, 0.25) is 0 Å². The van der Waals surface area contributed by atoms with Crippen LogP contribution < -0.4 is 5.32 Å². The van der Waals surface area contributed by atoms with Gasteiger partial charge in [0.05, 0.1) is 17.0 Å². The van der Waals surface area contributed by atoms with E-state index >= 15 is 0 Å². The number of thioether (sulfide) groups is 1. The van der Waals surface area contributed by atoms with E-state index in [4.69, 9.17) is 0 Å². The lowest BCUT2D eigenvalue weighted by Crippen LogP contribution is -2.35. The van der Waals surface area contributed by atoms with Gasteiger partial charge < -0.3 is 5.32 Å². The number of amides is 1. The van der Waals surface area contributed by atoms with Gasteiger partial charge in [-0.3, -0.25) is 9.79 Å². The van der Waals surface area contributed by atoms with Crippen molar-refractivity contribution < 1.29 is 4.79 Å². The van der Waals surface area contributed by atoms with Gasteiger partial charge in [0.15, 0.2) is 0 Å². The largest absolute Gasteiger partial charge is 0.337 e. The fourth-order valence-corrected chi connectivity index (χ4v) is 5.07. The maximum Gasteiger partial charge on any atom is 0.248 e. The lowest BCUT2D eigenvalue weighted by molar-refractivity contribution is -0.117. The molecule has 1 N–H and O–H groups in total. The molecule has 1 amide bonds. The zero-order valence-electron chi connectivity index (χ0n) is 17.4. The standard InChI is InChI=1S/C23H31N3OS/c1-5-8-19-14-23(4,10-6-2)28-21(13-20(19)15-24)26-22(27)18-9-7-11-25-16-17(3)12-18/h7,11-14,16-17,21H,5-6,8-10H2,1-4H3,(H,26,27)/b11-7-,18-12+,25-16-. The number of allylic oxidation sites excluding steroid dienone is 4. The molecule has 2 rings (SSSR count). The second-order valence-electron chi connectivity index (χ2n) is 7.62. The number of carbonyl (C=O) groups is 1. The summed E-state index contributed by atoms with van der Waals surface area (Å²) in [5, 5.41) is 12.6. The third kappa shape index (κ3) is 6.24. The number of nitrogens with zero attached hydrogens (tertiary/aromatic N) is 2. The molecule has 0 spiro atoms. The molecule has 0 aromatic heterocycles. The van der Waals surface area contributed by atoms with Gasteiger partial charge in [0, 0.05) is 28.7 Å². The van der Waals surface area contributed by atoms with Crippen LogP contribution in [0.1, 0.15) is 59.8 Å². The summed E-state index contributed by atoms with van der Waals surface area (Å²) in [6, 6.07) is 2.35. The minimum atomic E-state index is -0.233. The lowest BCUT2D eigenvalue weighted by Gasteiger charge is -2.28. The van der Waals surface area contributed by atoms with Crippen LogP contribution in [0, 0.1) is 17.2 Å². The van der Waals surface area contributed by atoms with Crippen LogP contribution >= 0.6 is 11.8 Å². The molecule has 150 valence electrons. The molecule has 2 aliphatic rings. The number of rotatable bonds is 6. The van der Waals surface area contributed by atoms with E-state index in [2.05, 4.69) is 43.2 Å². The van der Waals surface area contributed by atoms with Crippen molar-refractivity contribution in [3.8, 4) is 6.07 Å². The average Bonchev–Trinajstić information content (AvgIpc) is 2.74. The second kappa shape index (κ2) is 10.5. The Hall–Kier alpha value is -2.06. The minimum absolute atomic E-state index is 0.0735. The molecule has 3 unspecified atom stereocenters. The van der Waals surface area contributed by atoms with Crippen molar-refractivity contribution >= 4 is 23.9 Å². The van der Waals surface area contributed by atoms with Gasteiger partial charge in [-0.2, -0.15) is 5.26 Å². The summed E-state index contributed by atoms with van der Waals surface area (Å²) in [5.41, 5.74) is 2.53. The van der Waals surface area contributed by atoms with Crippen LogP contribution in [-0.2, 0) is 4.79 Å². The molecule has 0 radical (unpaired) electrons. The maximum absolute atomic E-state index is 13.0. The van der Waals surface area contributed by atoms with Crippen LogP contribution in [0.3, 0.4) is 0 Å². The van der Waals surface area contributed by atoms with Crippen molar-refractivity contribution in [1.82, 2.24) is 5.32 Å². The summed E-state index contributed by atoms with van der Waals surface area (Å²) in [7, 11) is 0. The normalized spacial score (nSPS) is 31.6. The predicted molar refractivity (Wildman–Crippen MR) is 119 cm³/mol. The Morgan fingerprint density at radius 1 is 1.39 bits per heavy atom. The van der Waals surface area contributed by atoms with E-state index in [-0.39, 0.29) is 21.9 Å². The molecular formula is C23H31N3OS. The Labute approximate surface area is 173 Å². The molecule has 28 heavy (non-hydrogen) atoms. The first-order chi connectivity index (χ1) is 13.4. The van der Waals surface area contributed by atoms with Crippen molar-refractivity contribution in [3.05, 3.63) is 47.2 Å². The Balaban J connectivity index is 2.28. The molecule has 0 aliphatic carbocycles. The van der Waals surface area contributed by atoms with E-state index in [1.807, 2.05) is 31.4 Å². The van der Waals surface area contributed by atoms with Gasteiger partial charge in [0.1, 0.15) is 0 Å². The number of aliphatic imine (C=N–C) groups is 1. The van der Waals surface area contributed by atoms with Crippen molar-refractivity contribution in [1.29, 1.82) is 5.26 Å². The summed E-state index contributed by atoms with van der Waals surface area (Å²) in [4.78, 5) is 17.1. The van der Waals surface area contributed by atoms with E-state index in [0.29, 0.717) is 12.0 Å². The van der Waals surface area contributed by atoms with E-state index in [9.17, 15) is 10.1 Å². The Kier molecular flexibility index (Phi) is 8.32. The Morgan fingerprint density at radius 3 is 2.86 bits per heavy atom. The first kappa shape index (κ1) is 22.2. The van der Waals surface area contributed by atoms with Crippen LogP contribution in [0.5, 0.6) is 0 Å². The van der Waals surface area contributed by atoms with E-state index < -0.39 is 0 Å². The van der Waals surface area contributed by atoms with E-state index in [1.54, 1.807) is 18.0 Å². The summed E-state index contributed by atoms with van der Waals surface area (Å²) in [6.45, 7) is 8.53. The lowest BCUT2D eigenvalue weighted by atomic mass is 9.95. The molecule has 2 heterocycles. The minimum Gasteiger partial charge on any atom is -0.337 e. The molecule has 4 nitrogen and oxygen atoms in total. The zero-order chi connectivity index (χ0) is 20.6. The highest BCUT2D eigenvalue weighted by molar-refractivity contribution is 8.01. The van der Waals surface area contributed by atoms with Crippen molar-refractivity contribution in [3.63, 3.8) is 0 Å². The Bertz CT molecular complexity index is 769. The smallest absolute Gasteiger partial charge is 0.248 e. The molecule has 3 atom stereocenters. The molecule has 0 bridgehead atoms. The monoisotopic (exact) mass is 397 g/mol. The van der Waals surface area contributed by atoms with Crippen molar-refractivity contribution in [2.24, 2.45) is 10.9 Å². The average molecular weight is 398 g/mol. The molecular weight excluding hydrogens is 366 g/mol. The van der Waals surface area contributed by atoms with E-state index in [1.165, 1.54) is 0 Å². The second-order valence-corrected chi connectivity index (χ2v) is 9.30. The first-order valence-electron chi connectivity index (χ1n) is 10.1. The summed E-state index contributed by atoms with van der Waals surface area (Å²) >= 11 is 1.72. The number of nitriles is 1. The fourth-order valence-electron chi connectivity index (χ4n) is 3.59. The topological polar surface area (TPSA) is 65.2 Å². The van der Waals surface area contributed by atoms with Gasteiger partial charge in [0.25, 0.3) is 0 Å². The summed E-state index contributed by atoms with van der Waals surface area (Å²) in [6.07, 6.45) is 16.1. The first-order valence-corrected chi connectivity index (χ1v) is 11.0. The van der Waals surface area contributed by atoms with E-state index in [0.717, 1.165) is 36.8 Å². The third-order valence-electron chi connectivity index (χ3n) is 4.81. The molecule has 0 fully saturated rings. The predicted octanol–water partition coefficient (Wildman–Crippen LogP) is 5.46. The van der Waals surface area contributed by atoms with Gasteiger partial charge >= 0.3 is 0 Å². The molecule has 0 aromatic carbocycles. The molecule has 0 aromatic rings. The van der Waals surface area contributed by atoms with Crippen molar-refractivity contribution in [2.45, 2.75) is 69.9 Å². The van der Waals surface area contributed by atoms with Gasteiger partial charge in [-0.25, -0.2) is 0 Å². The molecule has 0 saturated heterocycles. The summed E-state index contributed by atoms with van der Waals surface area (Å²) < 4.78 is -0.110. The highest BCUT2D eigenvalue weighted by Crippen LogP contribution is 2.40. The van der Waals surface area contributed by atoms with Crippen LogP contribution in [0.4, 0.5) is 0 Å². The number of nitrogens with one attached hydrogen (secondary N) is 1. The molecule has 0 saturated carbocycles. The quantitative estimate of drug-likeness (QED) is 0.647. The van der Waals surface area contributed by atoms with Gasteiger partial charge in [-0.05, 0) is 37.8 Å². The highest BCUT2D eigenvalue weighted by Gasteiger charge is 2.31. The SMILES string of the molecule is CCCC1=CC(C)(CCC)SC(NC(=O)/C2=C/C(C)/C=N\C=C/C2)C=C1C#N. The zero-order valence-corrected chi connectivity index (χ0v) is 18.2. The number of hydrogen-bond acceptors (Lipinski definition) is 4. The summed E-state index contributed by atoms with van der Waals surface area (Å²) in [5.74, 6) is 0.0384. The van der Waals surface area contributed by atoms with Gasteiger partial charge in [-0.1, -0.05) is 51.8 Å². The Morgan fingerprint density at radius 2 is 2.18 bits per heavy atom. The van der Waals surface area contributed by atoms with Gasteiger partial charge in [-0.15, -0.1) is 11.8 Å². The number of carbonyl (C=O) groups excluding carboxylic acids is 1. The van der Waals surface area contributed by atoms with Crippen LogP contribution in [0.25, 0.3) is 0 Å².